The van der Waals surface area contributed by atoms with Gasteiger partial charge in [-0.1, -0.05) is 11.6 Å². The molecule has 11 heteroatoms. The maximum Gasteiger partial charge on any atom is 0.259 e. The van der Waals surface area contributed by atoms with Crippen LogP contribution in [0.15, 0.2) is 53.1 Å². The molecule has 0 bridgehead atoms. The van der Waals surface area contributed by atoms with E-state index in [0.717, 1.165) is 0 Å². The molecule has 1 saturated heterocycles. The maximum absolute atomic E-state index is 13.0. The number of benzene rings is 2. The van der Waals surface area contributed by atoms with Crippen LogP contribution < -0.4 is 19.8 Å². The number of nitrogens with zero attached hydrogens (tertiary/aromatic N) is 3. The van der Waals surface area contributed by atoms with Gasteiger partial charge in [0.1, 0.15) is 18.4 Å². The SMILES string of the molecule is COc1ccc(-[n+]2noc([O-])c2CN2CCOC(CC(=O)Nc3ccc(Cl)cc3)C2=O)cc1. The number of methoxy groups -OCH3 is 1. The summed E-state index contributed by atoms with van der Waals surface area (Å²) in [6.07, 6.45) is -1.12. The van der Waals surface area contributed by atoms with E-state index in [0.29, 0.717) is 22.1 Å². The zero-order valence-corrected chi connectivity index (χ0v) is 18.4. The van der Waals surface area contributed by atoms with E-state index in [1.807, 2.05) is 0 Å². The van der Waals surface area contributed by atoms with E-state index in [2.05, 4.69) is 10.6 Å². The first-order valence-electron chi connectivity index (χ1n) is 10.1. The van der Waals surface area contributed by atoms with Gasteiger partial charge in [-0.05, 0) is 41.1 Å². The van der Waals surface area contributed by atoms with E-state index < -0.39 is 18.0 Å². The molecule has 0 spiro atoms. The van der Waals surface area contributed by atoms with Crippen LogP contribution >= 0.6 is 11.6 Å². The van der Waals surface area contributed by atoms with Gasteiger partial charge in [0.2, 0.25) is 11.6 Å². The molecule has 1 aromatic heterocycles. The van der Waals surface area contributed by atoms with Gasteiger partial charge in [-0.3, -0.25) is 9.59 Å². The highest BCUT2D eigenvalue weighted by Crippen LogP contribution is 2.20. The zero-order valence-electron chi connectivity index (χ0n) is 17.7. The third-order valence-corrected chi connectivity index (χ3v) is 5.37. The summed E-state index contributed by atoms with van der Waals surface area (Å²) in [6.45, 7) is 0.458. The van der Waals surface area contributed by atoms with Crippen LogP contribution in [0.2, 0.25) is 5.02 Å². The molecule has 2 amide bonds. The molecule has 33 heavy (non-hydrogen) atoms. The predicted octanol–water partition coefficient (Wildman–Crippen LogP) is 1.44. The first-order valence-corrected chi connectivity index (χ1v) is 10.5. The van der Waals surface area contributed by atoms with Crippen LogP contribution in [0, 0.1) is 0 Å². The highest BCUT2D eigenvalue weighted by atomic mass is 35.5. The van der Waals surface area contributed by atoms with E-state index in [1.165, 1.54) is 9.58 Å². The van der Waals surface area contributed by atoms with Crippen molar-refractivity contribution >= 4 is 29.1 Å². The van der Waals surface area contributed by atoms with Crippen molar-refractivity contribution in [3.63, 3.8) is 0 Å². The lowest BCUT2D eigenvalue weighted by atomic mass is 10.1. The number of aromatic nitrogens is 2. The van der Waals surface area contributed by atoms with Gasteiger partial charge in [0, 0.05) is 29.4 Å². The van der Waals surface area contributed by atoms with Crippen LogP contribution in [-0.4, -0.2) is 48.4 Å². The molecule has 1 aliphatic heterocycles. The molecule has 10 nitrogen and oxygen atoms in total. The number of rotatable bonds is 7. The average molecular weight is 473 g/mol. The lowest BCUT2D eigenvalue weighted by molar-refractivity contribution is -0.678. The Morgan fingerprint density at radius 1 is 1.27 bits per heavy atom. The molecule has 0 aliphatic carbocycles. The molecule has 1 fully saturated rings. The Kier molecular flexibility index (Phi) is 6.76. The number of nitrogens with one attached hydrogen (secondary N) is 1. The third kappa shape index (κ3) is 5.24. The van der Waals surface area contributed by atoms with Crippen LogP contribution in [-0.2, 0) is 20.9 Å². The van der Waals surface area contributed by atoms with Gasteiger partial charge in [-0.2, -0.15) is 0 Å². The average Bonchev–Trinajstić information content (AvgIpc) is 3.18. The largest absolute Gasteiger partial charge is 0.539 e. The summed E-state index contributed by atoms with van der Waals surface area (Å²) >= 11 is 5.85. The van der Waals surface area contributed by atoms with Gasteiger partial charge in [0.05, 0.1) is 25.4 Å². The summed E-state index contributed by atoms with van der Waals surface area (Å²) in [7, 11) is 1.55. The minimum Gasteiger partial charge on any atom is -0.539 e. The molecule has 1 N–H and O–H groups in total. The van der Waals surface area contributed by atoms with E-state index in [-0.39, 0.29) is 37.7 Å². The van der Waals surface area contributed by atoms with Gasteiger partial charge >= 0.3 is 0 Å². The topological polar surface area (TPSA) is 121 Å². The van der Waals surface area contributed by atoms with Crippen molar-refractivity contribution in [2.45, 2.75) is 19.1 Å². The second kappa shape index (κ2) is 9.88. The number of morpholine rings is 1. The summed E-state index contributed by atoms with van der Waals surface area (Å²) in [6, 6.07) is 13.5. The van der Waals surface area contributed by atoms with Crippen LogP contribution in [0.3, 0.4) is 0 Å². The molecule has 3 aromatic rings. The molecular weight excluding hydrogens is 452 g/mol. The van der Waals surface area contributed by atoms with E-state index in [1.54, 1.807) is 55.6 Å². The number of anilines is 1. The molecular formula is C22H21ClN4O6. The second-order valence-corrected chi connectivity index (χ2v) is 7.73. The zero-order chi connectivity index (χ0) is 23.4. The van der Waals surface area contributed by atoms with Gasteiger partial charge in [0.25, 0.3) is 11.6 Å². The highest BCUT2D eigenvalue weighted by Gasteiger charge is 2.34. The number of carbonyl (C=O) groups is 2. The lowest BCUT2D eigenvalue weighted by Crippen LogP contribution is -2.50. The number of amides is 2. The summed E-state index contributed by atoms with van der Waals surface area (Å²) in [5.41, 5.74) is 1.32. The van der Waals surface area contributed by atoms with Crippen molar-refractivity contribution in [1.82, 2.24) is 10.2 Å². The molecule has 2 aromatic carbocycles. The Bertz CT molecular complexity index is 1130. The summed E-state index contributed by atoms with van der Waals surface area (Å²) < 4.78 is 16.8. The molecule has 172 valence electrons. The fourth-order valence-electron chi connectivity index (χ4n) is 3.41. The Hall–Kier alpha value is -3.63. The summed E-state index contributed by atoms with van der Waals surface area (Å²) in [4.78, 5) is 26.8. The van der Waals surface area contributed by atoms with Crippen LogP contribution in [0.5, 0.6) is 11.7 Å². The number of hydrogen-bond acceptors (Lipinski definition) is 7. The van der Waals surface area contributed by atoms with E-state index in [9.17, 15) is 14.7 Å². The van der Waals surface area contributed by atoms with Crippen molar-refractivity contribution in [2.75, 3.05) is 25.6 Å². The third-order valence-electron chi connectivity index (χ3n) is 5.12. The Morgan fingerprint density at radius 2 is 2.00 bits per heavy atom. The number of ether oxygens (including phenoxy) is 2. The van der Waals surface area contributed by atoms with Gasteiger partial charge in [0.15, 0.2) is 5.95 Å². The smallest absolute Gasteiger partial charge is 0.259 e. The molecule has 1 unspecified atom stereocenters. The fraction of sp³-hybridized carbons (Fsp3) is 0.273. The minimum absolute atomic E-state index is 0.0359. The number of carbonyl (C=O) groups excluding carboxylic acids is 2. The van der Waals surface area contributed by atoms with Crippen LogP contribution in [0.1, 0.15) is 12.1 Å². The summed E-state index contributed by atoms with van der Waals surface area (Å²) in [5, 5.41) is 19.3. The van der Waals surface area contributed by atoms with Crippen molar-refractivity contribution in [1.29, 1.82) is 0 Å². The van der Waals surface area contributed by atoms with Gasteiger partial charge < -0.3 is 29.3 Å². The summed E-state index contributed by atoms with van der Waals surface area (Å²) in [5.74, 6) is -0.772. The maximum atomic E-state index is 13.0. The molecule has 4 rings (SSSR count). The minimum atomic E-state index is -0.963. The van der Waals surface area contributed by atoms with Crippen molar-refractivity contribution < 1.29 is 33.4 Å². The Labute approximate surface area is 194 Å². The Morgan fingerprint density at radius 3 is 2.70 bits per heavy atom. The number of hydrogen-bond donors (Lipinski definition) is 1. The standard InChI is InChI=1S/C22H21ClN4O6/c1-31-17-8-6-16(7-9-17)27-18(22(30)33-25-27)13-26-10-11-32-19(21(26)29)12-20(28)24-15-4-2-14(23)3-5-15/h2-9,19H,10-13H2,1H3,(H-,24,25,28,30). The number of halogens is 1. The first kappa shape index (κ1) is 22.6. The fourth-order valence-corrected chi connectivity index (χ4v) is 3.54. The van der Waals surface area contributed by atoms with Crippen LogP contribution in [0.25, 0.3) is 5.69 Å². The van der Waals surface area contributed by atoms with Crippen molar-refractivity contribution in [3.05, 3.63) is 59.2 Å². The second-order valence-electron chi connectivity index (χ2n) is 7.30. The first-order chi connectivity index (χ1) is 15.9. The van der Waals surface area contributed by atoms with E-state index in [4.69, 9.17) is 25.6 Å². The molecule has 1 atom stereocenters. The van der Waals surface area contributed by atoms with Gasteiger partial charge in [-0.25, -0.2) is 0 Å². The van der Waals surface area contributed by atoms with E-state index >= 15 is 0 Å². The quantitative estimate of drug-likeness (QED) is 0.516. The molecule has 2 heterocycles. The highest BCUT2D eigenvalue weighted by molar-refractivity contribution is 6.30. The lowest BCUT2D eigenvalue weighted by Gasteiger charge is -2.31. The van der Waals surface area contributed by atoms with Crippen LogP contribution in [0.4, 0.5) is 5.69 Å². The van der Waals surface area contributed by atoms with Gasteiger partial charge in [-0.15, -0.1) is 0 Å². The normalized spacial score (nSPS) is 16.0. The molecule has 0 radical (unpaired) electrons. The monoisotopic (exact) mass is 472 g/mol. The Balaban J connectivity index is 1.44. The molecule has 1 aliphatic rings. The van der Waals surface area contributed by atoms with Crippen molar-refractivity contribution in [3.8, 4) is 17.4 Å². The van der Waals surface area contributed by atoms with Crippen molar-refractivity contribution in [2.24, 2.45) is 0 Å². The molecule has 0 saturated carbocycles. The predicted molar refractivity (Wildman–Crippen MR) is 114 cm³/mol.